The van der Waals surface area contributed by atoms with Crippen LogP contribution in [0.4, 0.5) is 0 Å². The topological polar surface area (TPSA) is 66.8 Å². The van der Waals surface area contributed by atoms with Crippen molar-refractivity contribution in [2.45, 2.75) is 57.9 Å². The summed E-state index contributed by atoms with van der Waals surface area (Å²) in [4.78, 5) is 25.4. The molecule has 5 heteroatoms. The second-order valence-corrected chi connectivity index (χ2v) is 6.32. The van der Waals surface area contributed by atoms with Gasteiger partial charge in [0.25, 0.3) is 0 Å². The van der Waals surface area contributed by atoms with E-state index in [-0.39, 0.29) is 18.4 Å². The highest BCUT2D eigenvalue weighted by Crippen LogP contribution is 2.33. The fraction of sp³-hybridized carbons (Fsp3) is 0.875. The molecule has 1 saturated carbocycles. The minimum atomic E-state index is -0.959. The highest BCUT2D eigenvalue weighted by Gasteiger charge is 2.37. The van der Waals surface area contributed by atoms with Crippen LogP contribution in [0, 0.1) is 11.8 Å². The number of carbonyl (C=O) groups excluding carboxylic acids is 1. The molecule has 1 atom stereocenters. The molecule has 1 unspecified atom stereocenters. The molecule has 0 spiro atoms. The zero-order valence-electron chi connectivity index (χ0n) is 12.9. The molecule has 120 valence electrons. The van der Waals surface area contributed by atoms with Gasteiger partial charge in [-0.3, -0.25) is 4.79 Å². The van der Waals surface area contributed by atoms with Gasteiger partial charge >= 0.3 is 5.97 Å². The Bertz CT molecular complexity index is 363. The summed E-state index contributed by atoms with van der Waals surface area (Å²) in [7, 11) is 0. The van der Waals surface area contributed by atoms with Gasteiger partial charge in [-0.25, -0.2) is 4.79 Å². The number of carboxylic acids is 1. The van der Waals surface area contributed by atoms with Crippen molar-refractivity contribution in [1.29, 1.82) is 0 Å². The fourth-order valence-electron chi connectivity index (χ4n) is 3.50. The van der Waals surface area contributed by atoms with Crippen LogP contribution in [0.15, 0.2) is 0 Å². The van der Waals surface area contributed by atoms with Gasteiger partial charge in [-0.05, 0) is 31.6 Å². The van der Waals surface area contributed by atoms with E-state index in [1.165, 1.54) is 24.2 Å². The van der Waals surface area contributed by atoms with Crippen LogP contribution in [0.3, 0.4) is 0 Å². The van der Waals surface area contributed by atoms with Gasteiger partial charge in [0, 0.05) is 12.5 Å². The standard InChI is InChI=1S/C16H27NO4/c1-2-3-4-12-5-7-13(8-6-12)15(18)17-9-10-21-11-14(17)16(19)20/h12-14H,2-11H2,1H3,(H,19,20). The van der Waals surface area contributed by atoms with Gasteiger partial charge in [-0.15, -0.1) is 0 Å². The summed E-state index contributed by atoms with van der Waals surface area (Å²) in [5, 5.41) is 9.22. The molecule has 1 N–H and O–H groups in total. The lowest BCUT2D eigenvalue weighted by Gasteiger charge is -2.37. The van der Waals surface area contributed by atoms with E-state index in [9.17, 15) is 14.7 Å². The number of carbonyl (C=O) groups is 2. The molecule has 1 heterocycles. The van der Waals surface area contributed by atoms with E-state index in [1.807, 2.05) is 0 Å². The Morgan fingerprint density at radius 1 is 1.24 bits per heavy atom. The van der Waals surface area contributed by atoms with E-state index < -0.39 is 12.0 Å². The van der Waals surface area contributed by atoms with E-state index in [2.05, 4.69) is 6.92 Å². The SMILES string of the molecule is CCCCC1CCC(C(=O)N2CCOCC2C(=O)O)CC1. The van der Waals surface area contributed by atoms with E-state index in [4.69, 9.17) is 4.74 Å². The first kappa shape index (κ1) is 16.3. The Kier molecular flexibility index (Phi) is 6.03. The molecule has 2 fully saturated rings. The lowest BCUT2D eigenvalue weighted by molar-refractivity contribution is -0.161. The molecule has 0 radical (unpaired) electrons. The highest BCUT2D eigenvalue weighted by molar-refractivity contribution is 5.85. The summed E-state index contributed by atoms with van der Waals surface area (Å²) in [6.45, 7) is 3.18. The molecule has 5 nitrogen and oxygen atoms in total. The number of ether oxygens (including phenoxy) is 1. The molecule has 0 aromatic carbocycles. The number of hydrogen-bond donors (Lipinski definition) is 1. The monoisotopic (exact) mass is 297 g/mol. The third-order valence-corrected chi connectivity index (χ3v) is 4.86. The van der Waals surface area contributed by atoms with Crippen molar-refractivity contribution in [2.75, 3.05) is 19.8 Å². The molecule has 1 aliphatic carbocycles. The molecule has 1 aliphatic heterocycles. The number of hydrogen-bond acceptors (Lipinski definition) is 3. The molecule has 1 saturated heterocycles. The third kappa shape index (κ3) is 4.19. The van der Waals surface area contributed by atoms with Crippen LogP contribution in [0.5, 0.6) is 0 Å². The van der Waals surface area contributed by atoms with Gasteiger partial charge in [-0.1, -0.05) is 26.2 Å². The first-order valence-corrected chi connectivity index (χ1v) is 8.24. The number of nitrogens with zero attached hydrogens (tertiary/aromatic N) is 1. The molecule has 0 aromatic rings. The number of unbranched alkanes of at least 4 members (excludes halogenated alkanes) is 1. The first-order valence-electron chi connectivity index (χ1n) is 8.24. The normalized spacial score (nSPS) is 30.1. The summed E-state index contributed by atoms with van der Waals surface area (Å²) in [6, 6.07) is -0.802. The summed E-state index contributed by atoms with van der Waals surface area (Å²) >= 11 is 0. The minimum Gasteiger partial charge on any atom is -0.480 e. The Hall–Kier alpha value is -1.10. The van der Waals surface area contributed by atoms with Crippen molar-refractivity contribution in [2.24, 2.45) is 11.8 Å². The largest absolute Gasteiger partial charge is 0.480 e. The molecule has 0 bridgehead atoms. The van der Waals surface area contributed by atoms with Crippen molar-refractivity contribution < 1.29 is 19.4 Å². The van der Waals surface area contributed by atoms with Crippen LogP contribution in [-0.4, -0.2) is 47.7 Å². The molecular weight excluding hydrogens is 270 g/mol. The summed E-state index contributed by atoms with van der Waals surface area (Å²) < 4.78 is 5.20. The smallest absolute Gasteiger partial charge is 0.328 e. The quantitative estimate of drug-likeness (QED) is 0.845. The summed E-state index contributed by atoms with van der Waals surface area (Å²) in [6.07, 6.45) is 7.82. The Morgan fingerprint density at radius 2 is 1.95 bits per heavy atom. The van der Waals surface area contributed by atoms with Crippen LogP contribution < -0.4 is 0 Å². The van der Waals surface area contributed by atoms with Gasteiger partial charge in [0.05, 0.1) is 13.2 Å². The van der Waals surface area contributed by atoms with Crippen molar-refractivity contribution in [3.63, 3.8) is 0 Å². The minimum absolute atomic E-state index is 0.0165. The number of aliphatic carboxylic acids is 1. The number of rotatable bonds is 5. The molecular formula is C16H27NO4. The molecule has 1 amide bonds. The van der Waals surface area contributed by atoms with Crippen molar-refractivity contribution in [3.05, 3.63) is 0 Å². The predicted octanol–water partition coefficient (Wildman–Crippen LogP) is 2.29. The van der Waals surface area contributed by atoms with Crippen LogP contribution >= 0.6 is 0 Å². The fourth-order valence-corrected chi connectivity index (χ4v) is 3.50. The summed E-state index contributed by atoms with van der Waals surface area (Å²) in [5.41, 5.74) is 0. The van der Waals surface area contributed by atoms with E-state index in [1.54, 1.807) is 0 Å². The van der Waals surface area contributed by atoms with Gasteiger partial charge in [0.15, 0.2) is 6.04 Å². The second-order valence-electron chi connectivity index (χ2n) is 6.32. The number of carboxylic acid groups (broad SMARTS) is 1. The Morgan fingerprint density at radius 3 is 2.57 bits per heavy atom. The second kappa shape index (κ2) is 7.78. The van der Waals surface area contributed by atoms with Crippen LogP contribution in [0.1, 0.15) is 51.9 Å². The molecule has 0 aromatic heterocycles. The summed E-state index contributed by atoms with van der Waals surface area (Å²) in [5.74, 6) is -0.156. The van der Waals surface area contributed by atoms with Gasteiger partial charge in [0.1, 0.15) is 0 Å². The van der Waals surface area contributed by atoms with E-state index >= 15 is 0 Å². The highest BCUT2D eigenvalue weighted by atomic mass is 16.5. The van der Waals surface area contributed by atoms with Crippen LogP contribution in [0.2, 0.25) is 0 Å². The molecule has 2 aliphatic rings. The maximum atomic E-state index is 12.6. The van der Waals surface area contributed by atoms with Crippen LogP contribution in [-0.2, 0) is 14.3 Å². The van der Waals surface area contributed by atoms with Crippen LogP contribution in [0.25, 0.3) is 0 Å². The lowest BCUT2D eigenvalue weighted by atomic mass is 9.79. The van der Waals surface area contributed by atoms with Crippen molar-refractivity contribution in [3.8, 4) is 0 Å². The van der Waals surface area contributed by atoms with Crippen molar-refractivity contribution in [1.82, 2.24) is 4.90 Å². The van der Waals surface area contributed by atoms with E-state index in [0.717, 1.165) is 31.6 Å². The Balaban J connectivity index is 1.87. The number of morpholine rings is 1. The maximum Gasteiger partial charge on any atom is 0.328 e. The molecule has 21 heavy (non-hydrogen) atoms. The predicted molar refractivity (Wildman–Crippen MR) is 78.9 cm³/mol. The third-order valence-electron chi connectivity index (χ3n) is 4.86. The van der Waals surface area contributed by atoms with Gasteiger partial charge in [-0.2, -0.15) is 0 Å². The van der Waals surface area contributed by atoms with Gasteiger partial charge in [0.2, 0.25) is 5.91 Å². The first-order chi connectivity index (χ1) is 10.1. The van der Waals surface area contributed by atoms with E-state index in [0.29, 0.717) is 13.2 Å². The lowest BCUT2D eigenvalue weighted by Crippen LogP contribution is -2.54. The molecule has 2 rings (SSSR count). The number of amides is 1. The average Bonchev–Trinajstić information content (AvgIpc) is 2.52. The zero-order valence-corrected chi connectivity index (χ0v) is 12.9. The van der Waals surface area contributed by atoms with Gasteiger partial charge < -0.3 is 14.7 Å². The average molecular weight is 297 g/mol. The van der Waals surface area contributed by atoms with Crippen molar-refractivity contribution >= 4 is 11.9 Å². The maximum absolute atomic E-state index is 12.6. The Labute approximate surface area is 126 Å². The zero-order chi connectivity index (χ0) is 15.2.